The zero-order chi connectivity index (χ0) is 28.0. The molecule has 0 bridgehead atoms. The molecule has 2 heterocycles. The molecule has 0 spiro atoms. The number of benzene rings is 1. The van der Waals surface area contributed by atoms with E-state index in [4.69, 9.17) is 21.3 Å². The fourth-order valence-electron chi connectivity index (χ4n) is 4.48. The summed E-state index contributed by atoms with van der Waals surface area (Å²) in [6, 6.07) is 4.04. The van der Waals surface area contributed by atoms with Crippen LogP contribution in [-0.4, -0.2) is 59.8 Å². The average molecular weight is 528 g/mol. The van der Waals surface area contributed by atoms with E-state index in [1.54, 1.807) is 25.1 Å². The van der Waals surface area contributed by atoms with Crippen molar-refractivity contribution in [3.05, 3.63) is 40.2 Å². The van der Waals surface area contributed by atoms with Crippen molar-refractivity contribution in [1.82, 2.24) is 15.5 Å². The molecule has 2 aromatic rings. The van der Waals surface area contributed by atoms with Crippen LogP contribution in [0.25, 0.3) is 11.0 Å². The van der Waals surface area contributed by atoms with Gasteiger partial charge in [0.1, 0.15) is 17.7 Å². The number of rotatable bonds is 10. The molecule has 3 atom stereocenters. The number of carbonyl (C=O) groups is 3. The lowest BCUT2D eigenvalue weighted by atomic mass is 10.0. The Morgan fingerprint density at radius 2 is 1.97 bits per heavy atom. The van der Waals surface area contributed by atoms with Crippen LogP contribution in [0.5, 0.6) is 0 Å². The van der Waals surface area contributed by atoms with Gasteiger partial charge in [-0.2, -0.15) is 0 Å². The number of hydrogen-bond donors (Lipinski definition) is 6. The van der Waals surface area contributed by atoms with Crippen LogP contribution >= 0.6 is 0 Å². The Hall–Kier alpha value is -3.93. The molecule has 1 fully saturated rings. The monoisotopic (exact) mass is 527 g/mol. The molecule has 3 unspecified atom stereocenters. The molecule has 3 amide bonds. The van der Waals surface area contributed by atoms with Crippen molar-refractivity contribution in [3.63, 3.8) is 0 Å². The first-order valence-corrected chi connectivity index (χ1v) is 12.8. The minimum atomic E-state index is -0.923. The Bertz CT molecular complexity index is 1260. The van der Waals surface area contributed by atoms with Gasteiger partial charge in [-0.05, 0) is 56.2 Å². The van der Waals surface area contributed by atoms with Crippen LogP contribution in [0.15, 0.2) is 33.5 Å². The van der Waals surface area contributed by atoms with Gasteiger partial charge in [0.25, 0.3) is 0 Å². The highest BCUT2D eigenvalue weighted by atomic mass is 16.4. The van der Waals surface area contributed by atoms with Crippen molar-refractivity contribution >= 4 is 40.3 Å². The van der Waals surface area contributed by atoms with Gasteiger partial charge in [0.05, 0.1) is 6.04 Å². The first kappa shape index (κ1) is 28.6. The van der Waals surface area contributed by atoms with Crippen molar-refractivity contribution in [2.75, 3.05) is 18.4 Å². The molecule has 0 radical (unpaired) electrons. The molecule has 0 saturated carbocycles. The Morgan fingerprint density at radius 3 is 2.66 bits per heavy atom. The van der Waals surface area contributed by atoms with E-state index in [9.17, 15) is 19.2 Å². The maximum Gasteiger partial charge on any atom is 0.336 e. The van der Waals surface area contributed by atoms with Crippen molar-refractivity contribution < 1.29 is 18.8 Å². The summed E-state index contributed by atoms with van der Waals surface area (Å²) in [5, 5.41) is 16.3. The summed E-state index contributed by atoms with van der Waals surface area (Å²) < 4.78 is 5.26. The number of hydrogen-bond acceptors (Lipinski definition) is 7. The summed E-state index contributed by atoms with van der Waals surface area (Å²) in [6.45, 7) is 6.26. The first-order chi connectivity index (χ1) is 18.0. The predicted molar refractivity (Wildman–Crippen MR) is 144 cm³/mol. The summed E-state index contributed by atoms with van der Waals surface area (Å²) in [5.41, 5.74) is 12.4. The smallest absolute Gasteiger partial charge is 0.336 e. The van der Waals surface area contributed by atoms with E-state index in [0.29, 0.717) is 43.6 Å². The third-order valence-corrected chi connectivity index (χ3v) is 6.68. The van der Waals surface area contributed by atoms with Crippen molar-refractivity contribution in [2.24, 2.45) is 17.4 Å². The summed E-state index contributed by atoms with van der Waals surface area (Å²) in [6.07, 6.45) is 1.84. The van der Waals surface area contributed by atoms with Crippen molar-refractivity contribution in [1.29, 1.82) is 5.41 Å². The van der Waals surface area contributed by atoms with E-state index < -0.39 is 35.6 Å². The number of aryl methyl sites for hydroxylation is 1. The lowest BCUT2D eigenvalue weighted by Crippen LogP contribution is -2.55. The van der Waals surface area contributed by atoms with Crippen LogP contribution < -0.4 is 33.0 Å². The van der Waals surface area contributed by atoms with Gasteiger partial charge in [-0.1, -0.05) is 13.8 Å². The quantitative estimate of drug-likeness (QED) is 0.113. The molecule has 1 aromatic heterocycles. The summed E-state index contributed by atoms with van der Waals surface area (Å²) in [7, 11) is 0. The standard InChI is InChI=1S/C26H37N7O5/c1-14(2)22(27)25(37)33-11-5-7-19(33)24(36)32-18(6-4-10-30-26(28)29)23(35)31-16-8-9-17-15(3)12-21(34)38-20(17)13-16/h8-9,12-14,18-19,22H,4-7,10-11,27H2,1-3H3,(H,31,35)(H,32,36)(H4,28,29,30). The third kappa shape index (κ3) is 7.09. The number of carbonyl (C=O) groups excluding carboxylic acids is 3. The van der Waals surface area contributed by atoms with Crippen LogP contribution in [0.4, 0.5) is 5.69 Å². The zero-order valence-electron chi connectivity index (χ0n) is 22.0. The molecule has 8 N–H and O–H groups in total. The van der Waals surface area contributed by atoms with Crippen molar-refractivity contribution in [2.45, 2.75) is 64.6 Å². The maximum absolute atomic E-state index is 13.3. The number of fused-ring (bicyclic) bond motifs is 1. The van der Waals surface area contributed by atoms with Crippen LogP contribution in [-0.2, 0) is 14.4 Å². The molecule has 0 aliphatic carbocycles. The van der Waals surface area contributed by atoms with Gasteiger partial charge in [0.2, 0.25) is 17.7 Å². The van der Waals surface area contributed by atoms with Crippen LogP contribution in [0.1, 0.15) is 45.1 Å². The van der Waals surface area contributed by atoms with E-state index in [0.717, 1.165) is 10.9 Å². The number of nitrogens with two attached hydrogens (primary N) is 2. The molecular formula is C26H37N7O5. The maximum atomic E-state index is 13.3. The van der Waals surface area contributed by atoms with Gasteiger partial charge in [-0.15, -0.1) is 0 Å². The molecule has 1 aliphatic rings. The highest BCUT2D eigenvalue weighted by molar-refractivity contribution is 6.00. The third-order valence-electron chi connectivity index (χ3n) is 6.68. The number of guanidine groups is 1. The van der Waals surface area contributed by atoms with E-state index in [2.05, 4.69) is 16.0 Å². The molecule has 3 rings (SSSR count). The van der Waals surface area contributed by atoms with Gasteiger partial charge in [0, 0.05) is 36.3 Å². The Labute approximate surface area is 221 Å². The Morgan fingerprint density at radius 1 is 1.24 bits per heavy atom. The highest BCUT2D eigenvalue weighted by Gasteiger charge is 2.38. The number of nitrogens with one attached hydrogen (secondary N) is 4. The normalized spacial score (nSPS) is 16.8. The van der Waals surface area contributed by atoms with Gasteiger partial charge in [-0.3, -0.25) is 19.8 Å². The van der Waals surface area contributed by atoms with Crippen molar-refractivity contribution in [3.8, 4) is 0 Å². The van der Waals surface area contributed by atoms with Gasteiger partial charge < -0.3 is 36.7 Å². The fraction of sp³-hybridized carbons (Fsp3) is 0.500. The molecule has 1 aromatic carbocycles. The van der Waals surface area contributed by atoms with Gasteiger partial charge in [-0.25, -0.2) is 4.79 Å². The molecule has 1 saturated heterocycles. The van der Waals surface area contributed by atoms with E-state index in [-0.39, 0.29) is 24.2 Å². The number of nitrogens with zero attached hydrogens (tertiary/aromatic N) is 1. The number of likely N-dealkylation sites (tertiary alicyclic amines) is 1. The topological polar surface area (TPSA) is 197 Å². The Balaban J connectivity index is 1.76. The van der Waals surface area contributed by atoms with Gasteiger partial charge in [0.15, 0.2) is 5.96 Å². The summed E-state index contributed by atoms with van der Waals surface area (Å²) >= 11 is 0. The van der Waals surface area contributed by atoms with Crippen LogP contribution in [0.2, 0.25) is 0 Å². The van der Waals surface area contributed by atoms with Crippen LogP contribution in [0, 0.1) is 18.3 Å². The SMILES string of the molecule is Cc1cc(=O)oc2cc(NC(=O)C(CCCNC(=N)N)NC(=O)C3CCCN3C(=O)C(N)C(C)C)ccc12. The van der Waals surface area contributed by atoms with Crippen LogP contribution in [0.3, 0.4) is 0 Å². The largest absolute Gasteiger partial charge is 0.423 e. The predicted octanol–water partition coefficient (Wildman–Crippen LogP) is 0.762. The second-order valence-corrected chi connectivity index (χ2v) is 9.95. The summed E-state index contributed by atoms with van der Waals surface area (Å²) in [4.78, 5) is 52.7. The second-order valence-electron chi connectivity index (χ2n) is 9.95. The van der Waals surface area contributed by atoms with E-state index >= 15 is 0 Å². The minimum absolute atomic E-state index is 0.0747. The molecule has 12 heteroatoms. The zero-order valence-corrected chi connectivity index (χ0v) is 22.0. The molecule has 1 aliphatic heterocycles. The highest BCUT2D eigenvalue weighted by Crippen LogP contribution is 2.22. The molecule has 206 valence electrons. The van der Waals surface area contributed by atoms with E-state index in [1.165, 1.54) is 11.0 Å². The Kier molecular flexibility index (Phi) is 9.45. The second kappa shape index (κ2) is 12.5. The lowest BCUT2D eigenvalue weighted by Gasteiger charge is -2.29. The van der Waals surface area contributed by atoms with Gasteiger partial charge >= 0.3 is 5.63 Å². The van der Waals surface area contributed by atoms with E-state index in [1.807, 2.05) is 13.8 Å². The average Bonchev–Trinajstić information content (AvgIpc) is 3.34. The number of anilines is 1. The lowest BCUT2D eigenvalue weighted by molar-refractivity contribution is -0.140. The molecule has 12 nitrogen and oxygen atoms in total. The number of amides is 3. The molecule has 38 heavy (non-hydrogen) atoms. The fourth-order valence-corrected chi connectivity index (χ4v) is 4.48. The minimum Gasteiger partial charge on any atom is -0.423 e. The first-order valence-electron chi connectivity index (χ1n) is 12.8. The summed E-state index contributed by atoms with van der Waals surface area (Å²) in [5.74, 6) is -1.44. The molecular weight excluding hydrogens is 490 g/mol.